The number of Topliss-reactive ketones (excluding diaryl/α,β-unsaturated/α-hetero) is 1. The average Bonchev–Trinajstić information content (AvgIpc) is 3.34. The molecule has 0 aliphatic heterocycles. The first-order chi connectivity index (χ1) is 14.0. The Morgan fingerprint density at radius 1 is 1.14 bits per heavy atom. The van der Waals surface area contributed by atoms with Gasteiger partial charge in [0.1, 0.15) is 0 Å². The monoisotopic (exact) mass is 442 g/mol. The third-order valence-electron chi connectivity index (χ3n) is 4.31. The van der Waals surface area contributed by atoms with Crippen molar-refractivity contribution in [2.45, 2.75) is 10.9 Å². The molecule has 0 aliphatic carbocycles. The summed E-state index contributed by atoms with van der Waals surface area (Å²) in [5, 5.41) is 12.0. The van der Waals surface area contributed by atoms with Crippen molar-refractivity contribution in [3.8, 4) is 0 Å². The van der Waals surface area contributed by atoms with E-state index in [1.54, 1.807) is 6.20 Å². The van der Waals surface area contributed by atoms with Crippen molar-refractivity contribution >= 4 is 62.4 Å². The number of ketones is 1. The Morgan fingerprint density at radius 2 is 1.90 bits per heavy atom. The molecule has 4 rings (SSSR count). The van der Waals surface area contributed by atoms with Crippen LogP contribution in [0.4, 0.5) is 5.13 Å². The Hall–Kier alpha value is -2.68. The van der Waals surface area contributed by atoms with Gasteiger partial charge in [0.2, 0.25) is 5.13 Å². The fourth-order valence-electron chi connectivity index (χ4n) is 2.96. The Bertz CT molecular complexity index is 1200. The smallest absolute Gasteiger partial charge is 0.298 e. The molecule has 29 heavy (non-hydrogen) atoms. The normalized spacial score (nSPS) is 11.0. The number of carbonyl (C=O) groups is 2. The van der Waals surface area contributed by atoms with E-state index in [2.05, 4.69) is 15.5 Å². The molecule has 0 unspecified atom stereocenters. The van der Waals surface area contributed by atoms with Crippen LogP contribution in [-0.4, -0.2) is 32.7 Å². The van der Waals surface area contributed by atoms with Crippen molar-refractivity contribution in [2.75, 3.05) is 11.6 Å². The molecule has 0 aliphatic rings. The third kappa shape index (κ3) is 4.19. The number of nitrogens with zero attached hydrogens (tertiary/aromatic N) is 3. The van der Waals surface area contributed by atoms with Crippen molar-refractivity contribution in [1.82, 2.24) is 14.8 Å². The molecular formula is C20H15ClN4O2S2. The summed E-state index contributed by atoms with van der Waals surface area (Å²) in [5.74, 6) is -1.35. The SMILES string of the molecule is CSc1nnc(NC(=O)C(=O)c2cn(Cc3ccc(Cl)cc3)c3ccccc23)s1. The number of halogens is 1. The number of rotatable bonds is 6. The lowest BCUT2D eigenvalue weighted by molar-refractivity contribution is -0.112. The minimum Gasteiger partial charge on any atom is -0.342 e. The number of amides is 1. The van der Waals surface area contributed by atoms with E-state index in [9.17, 15) is 9.59 Å². The van der Waals surface area contributed by atoms with Crippen molar-refractivity contribution in [3.05, 3.63) is 70.9 Å². The molecule has 0 atom stereocenters. The van der Waals surface area contributed by atoms with Gasteiger partial charge in [0, 0.05) is 28.7 Å². The van der Waals surface area contributed by atoms with Gasteiger partial charge >= 0.3 is 0 Å². The largest absolute Gasteiger partial charge is 0.342 e. The summed E-state index contributed by atoms with van der Waals surface area (Å²) in [6.45, 7) is 0.556. The van der Waals surface area contributed by atoms with Gasteiger partial charge in [-0.2, -0.15) is 0 Å². The summed E-state index contributed by atoms with van der Waals surface area (Å²) < 4.78 is 2.67. The zero-order chi connectivity index (χ0) is 20.4. The Balaban J connectivity index is 1.63. The highest BCUT2D eigenvalue weighted by molar-refractivity contribution is 8.00. The van der Waals surface area contributed by atoms with Crippen LogP contribution >= 0.6 is 34.7 Å². The second-order valence-corrected chi connectivity index (χ2v) is 8.64. The molecule has 1 N–H and O–H groups in total. The standard InChI is InChI=1S/C20H15ClN4O2S2/c1-28-20-24-23-19(29-20)22-18(27)17(26)15-11-25(16-5-3-2-4-14(15)16)10-12-6-8-13(21)9-7-12/h2-9,11H,10H2,1H3,(H,22,23,27). The first-order valence-electron chi connectivity index (χ1n) is 8.60. The minimum absolute atomic E-state index is 0.303. The zero-order valence-electron chi connectivity index (χ0n) is 15.3. The number of anilines is 1. The van der Waals surface area contributed by atoms with Gasteiger partial charge in [-0.15, -0.1) is 10.2 Å². The number of aromatic nitrogens is 3. The highest BCUT2D eigenvalue weighted by Gasteiger charge is 2.23. The molecule has 1 amide bonds. The first-order valence-corrected chi connectivity index (χ1v) is 11.0. The Morgan fingerprint density at radius 3 is 2.62 bits per heavy atom. The molecular weight excluding hydrogens is 428 g/mol. The van der Waals surface area contributed by atoms with E-state index in [-0.39, 0.29) is 0 Å². The lowest BCUT2D eigenvalue weighted by Gasteiger charge is -2.05. The molecule has 6 nitrogen and oxygen atoms in total. The van der Waals surface area contributed by atoms with Crippen LogP contribution in [0.25, 0.3) is 10.9 Å². The maximum Gasteiger partial charge on any atom is 0.298 e. The van der Waals surface area contributed by atoms with Gasteiger partial charge in [0.15, 0.2) is 4.34 Å². The van der Waals surface area contributed by atoms with Crippen molar-refractivity contribution in [2.24, 2.45) is 0 Å². The summed E-state index contributed by atoms with van der Waals surface area (Å²) in [6.07, 6.45) is 3.58. The highest BCUT2D eigenvalue weighted by Crippen LogP contribution is 2.25. The molecule has 4 aromatic rings. The van der Waals surface area contributed by atoms with Crippen LogP contribution < -0.4 is 5.32 Å². The molecule has 0 radical (unpaired) electrons. The molecule has 2 heterocycles. The molecule has 0 saturated carbocycles. The fraction of sp³-hybridized carbons (Fsp3) is 0.100. The topological polar surface area (TPSA) is 76.9 Å². The van der Waals surface area contributed by atoms with Crippen LogP contribution in [-0.2, 0) is 11.3 Å². The van der Waals surface area contributed by atoms with E-state index in [1.807, 2.05) is 59.4 Å². The van der Waals surface area contributed by atoms with Gasteiger partial charge in [0.05, 0.1) is 5.56 Å². The molecule has 0 bridgehead atoms. The highest BCUT2D eigenvalue weighted by atomic mass is 35.5. The molecule has 0 fully saturated rings. The number of benzene rings is 2. The molecule has 2 aromatic heterocycles. The van der Waals surface area contributed by atoms with Gasteiger partial charge in [-0.1, -0.05) is 65.0 Å². The lowest BCUT2D eigenvalue weighted by atomic mass is 10.1. The maximum absolute atomic E-state index is 12.9. The predicted molar refractivity (Wildman–Crippen MR) is 117 cm³/mol. The van der Waals surface area contributed by atoms with E-state index >= 15 is 0 Å². The van der Waals surface area contributed by atoms with Crippen molar-refractivity contribution in [1.29, 1.82) is 0 Å². The van der Waals surface area contributed by atoms with Crippen LogP contribution in [0.1, 0.15) is 15.9 Å². The Kier molecular flexibility index (Phi) is 5.66. The minimum atomic E-state index is -0.733. The Labute approximate surface area is 179 Å². The number of para-hydroxylation sites is 1. The summed E-state index contributed by atoms with van der Waals surface area (Å²) >= 11 is 8.61. The summed E-state index contributed by atoms with van der Waals surface area (Å²) in [7, 11) is 0. The summed E-state index contributed by atoms with van der Waals surface area (Å²) in [4.78, 5) is 25.4. The maximum atomic E-state index is 12.9. The van der Waals surface area contributed by atoms with Crippen LogP contribution in [0, 0.1) is 0 Å². The quantitative estimate of drug-likeness (QED) is 0.202. The molecule has 0 spiro atoms. The molecule has 146 valence electrons. The predicted octanol–water partition coefficient (Wildman–Crippen LogP) is 4.74. The molecule has 9 heteroatoms. The van der Waals surface area contributed by atoms with Crippen molar-refractivity contribution in [3.63, 3.8) is 0 Å². The second-order valence-electron chi connectivity index (χ2n) is 6.17. The summed E-state index contributed by atoms with van der Waals surface area (Å²) in [6, 6.07) is 15.0. The van der Waals surface area contributed by atoms with Gasteiger partial charge in [-0.05, 0) is 30.0 Å². The second kappa shape index (κ2) is 8.36. The van der Waals surface area contributed by atoms with Crippen LogP contribution in [0.2, 0.25) is 5.02 Å². The van der Waals surface area contributed by atoms with E-state index in [0.717, 1.165) is 16.5 Å². The zero-order valence-corrected chi connectivity index (χ0v) is 17.6. The van der Waals surface area contributed by atoms with Gasteiger partial charge in [-0.25, -0.2) is 0 Å². The van der Waals surface area contributed by atoms with E-state index in [0.29, 0.717) is 26.6 Å². The lowest BCUT2D eigenvalue weighted by Crippen LogP contribution is -2.22. The van der Waals surface area contributed by atoms with E-state index in [4.69, 9.17) is 11.6 Å². The van der Waals surface area contributed by atoms with Crippen LogP contribution in [0.15, 0.2) is 59.1 Å². The number of nitrogens with one attached hydrogen (secondary N) is 1. The van der Waals surface area contributed by atoms with Crippen LogP contribution in [0.3, 0.4) is 0 Å². The fourth-order valence-corrected chi connectivity index (χ4v) is 4.26. The molecule has 0 saturated heterocycles. The molecule has 2 aromatic carbocycles. The summed E-state index contributed by atoms with van der Waals surface area (Å²) in [5.41, 5.74) is 2.26. The van der Waals surface area contributed by atoms with Crippen molar-refractivity contribution < 1.29 is 9.59 Å². The number of hydrogen-bond donors (Lipinski definition) is 1. The van der Waals surface area contributed by atoms with Gasteiger partial charge < -0.3 is 4.57 Å². The van der Waals surface area contributed by atoms with E-state index in [1.165, 1.54) is 23.1 Å². The third-order valence-corrected chi connectivity index (χ3v) is 6.37. The van der Waals surface area contributed by atoms with Gasteiger partial charge in [0.25, 0.3) is 11.7 Å². The van der Waals surface area contributed by atoms with Crippen LogP contribution in [0.5, 0.6) is 0 Å². The number of hydrogen-bond acceptors (Lipinski definition) is 6. The van der Waals surface area contributed by atoms with E-state index < -0.39 is 11.7 Å². The first kappa shape index (κ1) is 19.6. The number of thioether (sulfide) groups is 1. The average molecular weight is 443 g/mol. The number of fused-ring (bicyclic) bond motifs is 1. The van der Waals surface area contributed by atoms with Gasteiger partial charge in [-0.3, -0.25) is 14.9 Å². The number of carbonyl (C=O) groups excluding carboxylic acids is 2.